The van der Waals surface area contributed by atoms with Crippen molar-refractivity contribution in [2.75, 3.05) is 33.4 Å². The van der Waals surface area contributed by atoms with Crippen molar-refractivity contribution in [3.05, 3.63) is 0 Å². The van der Waals surface area contributed by atoms with Crippen molar-refractivity contribution < 1.29 is 18.7 Å². The molecular weight excluding hydrogens is 229 g/mol. The molecule has 6 nitrogen and oxygen atoms in total. The second-order valence-electron chi connectivity index (χ2n) is 3.82. The largest absolute Gasteiger partial charge is 0.467 e. The van der Waals surface area contributed by atoms with Crippen molar-refractivity contribution in [1.29, 1.82) is 0 Å². The van der Waals surface area contributed by atoms with Gasteiger partial charge >= 0.3 is 5.97 Å². The van der Waals surface area contributed by atoms with Crippen LogP contribution in [0.25, 0.3) is 0 Å². The van der Waals surface area contributed by atoms with Crippen LogP contribution in [0.2, 0.25) is 0 Å². The molecule has 2 atom stereocenters. The summed E-state index contributed by atoms with van der Waals surface area (Å²) in [5.41, 5.74) is 5.70. The third-order valence-corrected chi connectivity index (χ3v) is 2.44. The molecule has 2 N–H and O–H groups in total. The molecule has 0 radical (unpaired) electrons. The number of guanidine groups is 1. The van der Waals surface area contributed by atoms with Gasteiger partial charge in [-0.2, -0.15) is 0 Å². The van der Waals surface area contributed by atoms with Crippen LogP contribution in [0, 0.1) is 0 Å². The van der Waals surface area contributed by atoms with Crippen molar-refractivity contribution in [3.63, 3.8) is 0 Å². The number of carbonyl (C=O) groups is 1. The van der Waals surface area contributed by atoms with Gasteiger partial charge < -0.3 is 20.1 Å². The highest BCUT2D eigenvalue weighted by Gasteiger charge is 2.20. The molecule has 17 heavy (non-hydrogen) atoms. The molecule has 0 aromatic heterocycles. The number of rotatable bonds is 3. The van der Waals surface area contributed by atoms with Crippen molar-refractivity contribution in [2.24, 2.45) is 10.7 Å². The molecular formula is C10H18FN3O3. The molecule has 2 unspecified atom stereocenters. The summed E-state index contributed by atoms with van der Waals surface area (Å²) in [6.07, 6.45) is -1.70. The van der Waals surface area contributed by atoms with E-state index in [1.165, 1.54) is 0 Å². The van der Waals surface area contributed by atoms with Gasteiger partial charge in [0.05, 0.1) is 26.4 Å². The fourth-order valence-electron chi connectivity index (χ4n) is 1.50. The summed E-state index contributed by atoms with van der Waals surface area (Å²) in [5, 5.41) is 0. The summed E-state index contributed by atoms with van der Waals surface area (Å²) in [7, 11) is 1.13. The average Bonchev–Trinajstić information content (AvgIpc) is 2.34. The fourth-order valence-corrected chi connectivity index (χ4v) is 1.50. The first kappa shape index (κ1) is 13.7. The molecule has 1 aliphatic heterocycles. The Morgan fingerprint density at radius 2 is 2.47 bits per heavy atom. The van der Waals surface area contributed by atoms with E-state index in [0.29, 0.717) is 19.7 Å². The summed E-state index contributed by atoms with van der Waals surface area (Å²) in [6, 6.07) is 0. The number of alkyl halides is 1. The lowest BCUT2D eigenvalue weighted by molar-refractivity contribution is -0.146. The second-order valence-corrected chi connectivity index (χ2v) is 3.82. The van der Waals surface area contributed by atoms with E-state index >= 15 is 0 Å². The van der Waals surface area contributed by atoms with Crippen LogP contribution in [0.1, 0.15) is 6.92 Å². The van der Waals surface area contributed by atoms with Crippen molar-refractivity contribution in [1.82, 2.24) is 4.90 Å². The van der Waals surface area contributed by atoms with Crippen LogP contribution in [-0.4, -0.2) is 62.5 Å². The first-order valence-electron chi connectivity index (χ1n) is 5.43. The van der Waals surface area contributed by atoms with Gasteiger partial charge in [0, 0.05) is 13.1 Å². The molecule has 0 aromatic rings. The van der Waals surface area contributed by atoms with E-state index in [9.17, 15) is 9.18 Å². The van der Waals surface area contributed by atoms with Crippen LogP contribution in [0.5, 0.6) is 0 Å². The van der Waals surface area contributed by atoms with Crippen LogP contribution in [0.15, 0.2) is 4.99 Å². The maximum Gasteiger partial charge on any atom is 0.342 e. The van der Waals surface area contributed by atoms with Gasteiger partial charge in [0.1, 0.15) is 0 Å². The summed E-state index contributed by atoms with van der Waals surface area (Å²) in [5.74, 6) is -0.705. The van der Waals surface area contributed by atoms with Gasteiger partial charge in [-0.1, -0.05) is 0 Å². The first-order chi connectivity index (χ1) is 8.04. The number of hydrogen-bond donors (Lipinski definition) is 1. The number of hydrogen-bond acceptors (Lipinski definition) is 4. The number of nitrogens with zero attached hydrogens (tertiary/aromatic N) is 2. The Kier molecular flexibility index (Phi) is 5.14. The molecule has 0 saturated carbocycles. The predicted molar refractivity (Wildman–Crippen MR) is 60.4 cm³/mol. The molecule has 1 fully saturated rings. The summed E-state index contributed by atoms with van der Waals surface area (Å²) in [6.45, 7) is 3.41. The lowest BCUT2D eigenvalue weighted by atomic mass is 10.3. The molecule has 1 aliphatic rings. The quantitative estimate of drug-likeness (QED) is 0.414. The van der Waals surface area contributed by atoms with Crippen LogP contribution in [-0.2, 0) is 14.3 Å². The molecule has 7 heteroatoms. The summed E-state index contributed by atoms with van der Waals surface area (Å²) in [4.78, 5) is 16.5. The van der Waals surface area contributed by atoms with Gasteiger partial charge in [-0.3, -0.25) is 0 Å². The Morgan fingerprint density at radius 1 is 1.76 bits per heavy atom. The monoisotopic (exact) mass is 247 g/mol. The van der Waals surface area contributed by atoms with Gasteiger partial charge in [0.25, 0.3) is 0 Å². The van der Waals surface area contributed by atoms with E-state index in [-0.39, 0.29) is 18.6 Å². The summed E-state index contributed by atoms with van der Waals surface area (Å²) < 4.78 is 22.7. The van der Waals surface area contributed by atoms with E-state index in [1.807, 2.05) is 6.92 Å². The maximum absolute atomic E-state index is 13.1. The molecule has 0 aromatic carbocycles. The van der Waals surface area contributed by atoms with Crippen LogP contribution in [0.3, 0.4) is 0 Å². The van der Waals surface area contributed by atoms with Crippen LogP contribution in [0.4, 0.5) is 4.39 Å². The standard InChI is InChI=1S/C10H18FN3O3/c1-7-6-14(3-4-17-7)10(12)13-5-8(11)9(15)16-2/h7-8H,3-6H2,1-2H3,(H2,12,13). The van der Waals surface area contributed by atoms with E-state index < -0.39 is 12.1 Å². The van der Waals surface area contributed by atoms with Crippen molar-refractivity contribution in [3.8, 4) is 0 Å². The average molecular weight is 247 g/mol. The number of halogens is 1. The van der Waals surface area contributed by atoms with Gasteiger partial charge in [0.2, 0.25) is 6.17 Å². The van der Waals surface area contributed by atoms with Gasteiger partial charge in [-0.05, 0) is 6.92 Å². The highest BCUT2D eigenvalue weighted by atomic mass is 19.1. The first-order valence-corrected chi connectivity index (χ1v) is 5.43. The third kappa shape index (κ3) is 4.18. The zero-order valence-corrected chi connectivity index (χ0v) is 10.1. The Hall–Kier alpha value is -1.37. The minimum Gasteiger partial charge on any atom is -0.467 e. The number of aliphatic imine (C=N–C) groups is 1. The Bertz CT molecular complexity index is 299. The van der Waals surface area contributed by atoms with Crippen LogP contribution < -0.4 is 5.73 Å². The Balaban J connectivity index is 2.45. The summed E-state index contributed by atoms with van der Waals surface area (Å²) >= 11 is 0. The van der Waals surface area contributed by atoms with E-state index in [0.717, 1.165) is 7.11 Å². The van der Waals surface area contributed by atoms with Crippen LogP contribution >= 0.6 is 0 Å². The SMILES string of the molecule is COC(=O)C(F)CN=C(N)N1CCOC(C)C1. The number of esters is 1. The highest BCUT2D eigenvalue weighted by molar-refractivity contribution is 5.79. The Morgan fingerprint density at radius 3 is 3.06 bits per heavy atom. The van der Waals surface area contributed by atoms with Gasteiger partial charge in [0.15, 0.2) is 5.96 Å². The van der Waals surface area contributed by atoms with Gasteiger partial charge in [-0.15, -0.1) is 0 Å². The fraction of sp³-hybridized carbons (Fsp3) is 0.800. The van der Waals surface area contributed by atoms with E-state index in [2.05, 4.69) is 9.73 Å². The molecule has 98 valence electrons. The topological polar surface area (TPSA) is 77.1 Å². The minimum absolute atomic E-state index is 0.0688. The van der Waals surface area contributed by atoms with E-state index in [1.54, 1.807) is 4.90 Å². The van der Waals surface area contributed by atoms with Crippen molar-refractivity contribution >= 4 is 11.9 Å². The lowest BCUT2D eigenvalue weighted by Crippen LogP contribution is -2.48. The minimum atomic E-state index is -1.77. The molecule has 1 heterocycles. The predicted octanol–water partition coefficient (Wildman–Crippen LogP) is -0.467. The molecule has 0 bridgehead atoms. The molecule has 1 saturated heterocycles. The third-order valence-electron chi connectivity index (χ3n) is 2.44. The number of morpholine rings is 1. The van der Waals surface area contributed by atoms with E-state index in [4.69, 9.17) is 10.5 Å². The number of nitrogens with two attached hydrogens (primary N) is 1. The highest BCUT2D eigenvalue weighted by Crippen LogP contribution is 2.04. The zero-order valence-electron chi connectivity index (χ0n) is 10.1. The smallest absolute Gasteiger partial charge is 0.342 e. The zero-order chi connectivity index (χ0) is 12.8. The van der Waals surface area contributed by atoms with Crippen molar-refractivity contribution in [2.45, 2.75) is 19.2 Å². The second kappa shape index (κ2) is 6.39. The number of ether oxygens (including phenoxy) is 2. The maximum atomic E-state index is 13.1. The number of carbonyl (C=O) groups excluding carboxylic acids is 1. The normalized spacial score (nSPS) is 23.4. The molecule has 0 spiro atoms. The lowest BCUT2D eigenvalue weighted by Gasteiger charge is -2.31. The number of methoxy groups -OCH3 is 1. The Labute approximate surface area is 99.6 Å². The molecule has 0 aliphatic carbocycles. The molecule has 1 rings (SSSR count). The molecule has 0 amide bonds. The van der Waals surface area contributed by atoms with Gasteiger partial charge in [-0.25, -0.2) is 14.2 Å².